The molecule has 37 heavy (non-hydrogen) atoms. The molecule has 6 aromatic heterocycles. The van der Waals surface area contributed by atoms with E-state index < -0.39 is 0 Å². The molecule has 0 radical (unpaired) electrons. The number of pyridine rings is 4. The number of fused-ring (bicyclic) bond motifs is 2. The molecule has 0 aromatic carbocycles. The summed E-state index contributed by atoms with van der Waals surface area (Å²) in [6, 6.07) is 12.4. The summed E-state index contributed by atoms with van der Waals surface area (Å²) in [5, 5.41) is 9.72. The van der Waals surface area contributed by atoms with Crippen LogP contribution in [0.4, 0.5) is 0 Å². The van der Waals surface area contributed by atoms with Crippen molar-refractivity contribution in [1.29, 1.82) is 0 Å². The molecule has 1 aliphatic rings. The Bertz CT molecular complexity index is 1700. The summed E-state index contributed by atoms with van der Waals surface area (Å²) in [5.74, 6) is 0. The van der Waals surface area contributed by atoms with E-state index in [1.165, 1.54) is 24.8 Å². The maximum absolute atomic E-state index is 4.68. The van der Waals surface area contributed by atoms with Crippen LogP contribution >= 0.6 is 0 Å². The van der Waals surface area contributed by atoms with Gasteiger partial charge in [0.1, 0.15) is 5.69 Å². The maximum atomic E-state index is 4.68. The third kappa shape index (κ3) is 4.15. The Labute approximate surface area is 213 Å². The van der Waals surface area contributed by atoms with E-state index in [2.05, 4.69) is 58.2 Å². The summed E-state index contributed by atoms with van der Waals surface area (Å²) < 4.78 is 0. The number of piperidine rings is 1. The first-order valence-electron chi connectivity index (χ1n) is 12.7. The molecule has 0 unspecified atom stereocenters. The van der Waals surface area contributed by atoms with Crippen molar-refractivity contribution in [1.82, 2.24) is 40.0 Å². The fourth-order valence-corrected chi connectivity index (χ4v) is 5.28. The van der Waals surface area contributed by atoms with E-state index in [0.717, 1.165) is 75.3 Å². The first-order valence-corrected chi connectivity index (χ1v) is 12.7. The highest BCUT2D eigenvalue weighted by Crippen LogP contribution is 2.33. The Balaban J connectivity index is 1.26. The van der Waals surface area contributed by atoms with Crippen molar-refractivity contribution in [2.75, 3.05) is 13.1 Å². The molecule has 1 fully saturated rings. The molecule has 8 heteroatoms. The molecule has 7 rings (SSSR count). The molecule has 1 aliphatic heterocycles. The molecule has 1 saturated heterocycles. The Hall–Kier alpha value is -4.43. The zero-order valence-corrected chi connectivity index (χ0v) is 20.4. The molecule has 0 saturated carbocycles. The third-order valence-electron chi connectivity index (χ3n) is 7.14. The number of likely N-dealkylation sites (tertiary alicyclic amines) is 1. The highest BCUT2D eigenvalue weighted by molar-refractivity contribution is 6.00. The van der Waals surface area contributed by atoms with Crippen molar-refractivity contribution in [3.63, 3.8) is 0 Å². The molecule has 7 heterocycles. The van der Waals surface area contributed by atoms with Crippen LogP contribution in [0, 0.1) is 0 Å². The van der Waals surface area contributed by atoms with Gasteiger partial charge in [0.2, 0.25) is 0 Å². The molecule has 182 valence electrons. The van der Waals surface area contributed by atoms with Gasteiger partial charge in [0, 0.05) is 65.0 Å². The number of nitrogens with one attached hydrogen (secondary N) is 2. The highest BCUT2D eigenvalue weighted by atomic mass is 15.2. The zero-order valence-electron chi connectivity index (χ0n) is 20.4. The maximum Gasteiger partial charge on any atom is 0.155 e. The van der Waals surface area contributed by atoms with E-state index in [0.29, 0.717) is 0 Å². The molecule has 2 N–H and O–H groups in total. The first kappa shape index (κ1) is 21.8. The van der Waals surface area contributed by atoms with Crippen LogP contribution in [-0.4, -0.2) is 53.1 Å². The standard InChI is InChI=1S/C29H26N8/c1-4-8-37(9-5-1)18-19-10-20(14-30-13-19)21-11-23-28(35-36-29(23)33-15-21)26-12-22-24(16-31-17-27(22)34-26)25-6-2-3-7-32-25/h2-3,6-7,10-17,34H,1,4-5,8-9,18H2,(H,33,35,36). The zero-order chi connectivity index (χ0) is 24.6. The molecular weight excluding hydrogens is 460 g/mol. The van der Waals surface area contributed by atoms with Gasteiger partial charge in [0.05, 0.1) is 23.1 Å². The van der Waals surface area contributed by atoms with E-state index in [9.17, 15) is 0 Å². The van der Waals surface area contributed by atoms with Gasteiger partial charge >= 0.3 is 0 Å². The van der Waals surface area contributed by atoms with Gasteiger partial charge in [0.25, 0.3) is 0 Å². The van der Waals surface area contributed by atoms with Crippen LogP contribution in [0.25, 0.3) is 55.7 Å². The van der Waals surface area contributed by atoms with E-state index in [1.54, 1.807) is 6.20 Å². The molecule has 0 spiro atoms. The van der Waals surface area contributed by atoms with Crippen LogP contribution in [0.3, 0.4) is 0 Å². The average Bonchev–Trinajstić information content (AvgIpc) is 3.58. The molecule has 0 atom stereocenters. The van der Waals surface area contributed by atoms with Gasteiger partial charge in [-0.25, -0.2) is 4.98 Å². The van der Waals surface area contributed by atoms with Crippen LogP contribution < -0.4 is 0 Å². The Morgan fingerprint density at radius 3 is 2.59 bits per heavy atom. The van der Waals surface area contributed by atoms with Gasteiger partial charge in [-0.15, -0.1) is 0 Å². The summed E-state index contributed by atoms with van der Waals surface area (Å²) in [6.07, 6.45) is 15.2. The predicted octanol–water partition coefficient (Wildman–Crippen LogP) is 5.61. The lowest BCUT2D eigenvalue weighted by Crippen LogP contribution is -2.29. The van der Waals surface area contributed by atoms with Crippen LogP contribution in [0.2, 0.25) is 0 Å². The number of nitrogens with zero attached hydrogens (tertiary/aromatic N) is 6. The number of aromatic amines is 2. The van der Waals surface area contributed by atoms with Gasteiger partial charge in [-0.2, -0.15) is 5.10 Å². The van der Waals surface area contributed by atoms with Crippen LogP contribution in [0.15, 0.2) is 73.6 Å². The first-order chi connectivity index (χ1) is 18.3. The second-order valence-electron chi connectivity index (χ2n) is 9.66. The van der Waals surface area contributed by atoms with Gasteiger partial charge in [-0.1, -0.05) is 12.5 Å². The minimum atomic E-state index is 0.748. The fourth-order valence-electron chi connectivity index (χ4n) is 5.28. The Kier molecular flexibility index (Phi) is 5.44. The SMILES string of the molecule is c1ccc(-c2cncc3[nH]c(-c4n[nH]c5ncc(-c6cncc(CN7CCCCC7)c6)cc45)cc23)nc1. The lowest BCUT2D eigenvalue weighted by molar-refractivity contribution is 0.220. The number of H-pyrrole nitrogens is 2. The minimum absolute atomic E-state index is 0.748. The van der Waals surface area contributed by atoms with Crippen molar-refractivity contribution >= 4 is 21.9 Å². The van der Waals surface area contributed by atoms with E-state index in [1.807, 2.05) is 49.2 Å². The fraction of sp³-hybridized carbons (Fsp3) is 0.207. The van der Waals surface area contributed by atoms with Crippen LogP contribution in [0.5, 0.6) is 0 Å². The number of rotatable bonds is 5. The molecule has 0 bridgehead atoms. The summed E-state index contributed by atoms with van der Waals surface area (Å²) in [4.78, 5) is 24.2. The number of hydrogen-bond acceptors (Lipinski definition) is 6. The van der Waals surface area contributed by atoms with Crippen molar-refractivity contribution in [2.24, 2.45) is 0 Å². The quantitative estimate of drug-likeness (QED) is 0.329. The van der Waals surface area contributed by atoms with Crippen molar-refractivity contribution in [3.05, 3.63) is 79.1 Å². The topological polar surface area (TPSA) is 99.3 Å². The smallest absolute Gasteiger partial charge is 0.155 e. The van der Waals surface area contributed by atoms with Crippen molar-refractivity contribution in [3.8, 4) is 33.8 Å². The molecule has 6 aromatic rings. The minimum Gasteiger partial charge on any atom is -0.352 e. The normalized spacial score (nSPS) is 14.5. The van der Waals surface area contributed by atoms with Crippen LogP contribution in [0.1, 0.15) is 24.8 Å². The monoisotopic (exact) mass is 486 g/mol. The van der Waals surface area contributed by atoms with E-state index >= 15 is 0 Å². The molecule has 0 amide bonds. The summed E-state index contributed by atoms with van der Waals surface area (Å²) in [6.45, 7) is 3.27. The average molecular weight is 487 g/mol. The Morgan fingerprint density at radius 2 is 1.70 bits per heavy atom. The molecule has 0 aliphatic carbocycles. The predicted molar refractivity (Wildman–Crippen MR) is 145 cm³/mol. The van der Waals surface area contributed by atoms with E-state index in [-0.39, 0.29) is 0 Å². The Morgan fingerprint density at radius 1 is 0.811 bits per heavy atom. The number of aromatic nitrogens is 7. The number of hydrogen-bond donors (Lipinski definition) is 2. The van der Waals surface area contributed by atoms with E-state index in [4.69, 9.17) is 0 Å². The highest BCUT2D eigenvalue weighted by Gasteiger charge is 2.16. The largest absolute Gasteiger partial charge is 0.352 e. The van der Waals surface area contributed by atoms with Crippen molar-refractivity contribution < 1.29 is 0 Å². The van der Waals surface area contributed by atoms with Gasteiger partial charge < -0.3 is 4.98 Å². The second-order valence-corrected chi connectivity index (χ2v) is 9.66. The van der Waals surface area contributed by atoms with Gasteiger partial charge in [-0.05, 0) is 61.8 Å². The third-order valence-corrected chi connectivity index (χ3v) is 7.14. The second kappa shape index (κ2) is 9.22. The molecular formula is C29H26N8. The van der Waals surface area contributed by atoms with Crippen molar-refractivity contribution in [2.45, 2.75) is 25.8 Å². The van der Waals surface area contributed by atoms with Crippen LogP contribution in [-0.2, 0) is 6.54 Å². The summed E-state index contributed by atoms with van der Waals surface area (Å²) >= 11 is 0. The van der Waals surface area contributed by atoms with Gasteiger partial charge in [-0.3, -0.25) is 25.0 Å². The lowest BCUT2D eigenvalue weighted by atomic mass is 10.0. The lowest BCUT2D eigenvalue weighted by Gasteiger charge is -2.26. The summed E-state index contributed by atoms with van der Waals surface area (Å²) in [5.41, 5.74) is 8.61. The molecule has 8 nitrogen and oxygen atoms in total. The summed E-state index contributed by atoms with van der Waals surface area (Å²) in [7, 11) is 0. The van der Waals surface area contributed by atoms with Gasteiger partial charge in [0.15, 0.2) is 5.65 Å².